The van der Waals surface area contributed by atoms with E-state index in [-0.39, 0.29) is 11.0 Å². The topological polar surface area (TPSA) is 52.9 Å². The Bertz CT molecular complexity index is 692. The SMILES string of the molecule is Cn1c(C(C)(C)C)c(N)c(=O)n1Cc1ccccc1Br. The van der Waals surface area contributed by atoms with Crippen LogP contribution in [0.15, 0.2) is 33.5 Å². The molecule has 2 N–H and O–H groups in total. The van der Waals surface area contributed by atoms with Gasteiger partial charge in [0.25, 0.3) is 5.56 Å². The van der Waals surface area contributed by atoms with Gasteiger partial charge < -0.3 is 5.73 Å². The number of rotatable bonds is 2. The summed E-state index contributed by atoms with van der Waals surface area (Å²) in [6.07, 6.45) is 0. The highest BCUT2D eigenvalue weighted by atomic mass is 79.9. The van der Waals surface area contributed by atoms with Crippen molar-refractivity contribution in [3.05, 3.63) is 50.3 Å². The summed E-state index contributed by atoms with van der Waals surface area (Å²) >= 11 is 3.51. The van der Waals surface area contributed by atoms with Crippen LogP contribution in [0.4, 0.5) is 5.69 Å². The average molecular weight is 338 g/mol. The highest BCUT2D eigenvalue weighted by Crippen LogP contribution is 2.26. The fourth-order valence-electron chi connectivity index (χ4n) is 2.53. The molecule has 2 aromatic rings. The first kappa shape index (κ1) is 14.9. The van der Waals surface area contributed by atoms with Crippen LogP contribution < -0.4 is 11.3 Å². The van der Waals surface area contributed by atoms with Crippen LogP contribution in [0.25, 0.3) is 0 Å². The summed E-state index contributed by atoms with van der Waals surface area (Å²) < 4.78 is 4.54. The van der Waals surface area contributed by atoms with Crippen LogP contribution in [0, 0.1) is 0 Å². The van der Waals surface area contributed by atoms with Gasteiger partial charge in [-0.1, -0.05) is 54.9 Å². The van der Waals surface area contributed by atoms with Crippen molar-refractivity contribution in [2.45, 2.75) is 32.7 Å². The molecule has 0 atom stereocenters. The lowest BCUT2D eigenvalue weighted by Crippen LogP contribution is -2.24. The predicted octanol–water partition coefficient (Wildman–Crippen LogP) is 2.88. The van der Waals surface area contributed by atoms with Crippen molar-refractivity contribution < 1.29 is 0 Å². The van der Waals surface area contributed by atoms with Gasteiger partial charge in [0.05, 0.1) is 12.2 Å². The van der Waals surface area contributed by atoms with Gasteiger partial charge in [-0.15, -0.1) is 0 Å². The molecule has 0 aliphatic heterocycles. The number of aromatic nitrogens is 2. The molecule has 1 aromatic carbocycles. The van der Waals surface area contributed by atoms with Crippen LogP contribution in [-0.2, 0) is 19.0 Å². The second-order valence-electron chi connectivity index (χ2n) is 5.99. The maximum absolute atomic E-state index is 12.4. The lowest BCUT2D eigenvalue weighted by Gasteiger charge is -2.21. The summed E-state index contributed by atoms with van der Waals surface area (Å²) in [7, 11) is 1.88. The summed E-state index contributed by atoms with van der Waals surface area (Å²) in [5.74, 6) is 0. The van der Waals surface area contributed by atoms with Gasteiger partial charge in [0.1, 0.15) is 5.69 Å². The third-order valence-corrected chi connectivity index (χ3v) is 4.17. The van der Waals surface area contributed by atoms with E-state index in [4.69, 9.17) is 5.73 Å². The first-order chi connectivity index (χ1) is 9.23. The summed E-state index contributed by atoms with van der Waals surface area (Å²) in [4.78, 5) is 12.4. The minimum absolute atomic E-state index is 0.131. The van der Waals surface area contributed by atoms with Crippen LogP contribution >= 0.6 is 15.9 Å². The first-order valence-corrected chi connectivity index (χ1v) is 7.32. The van der Waals surface area contributed by atoms with Crippen LogP contribution in [-0.4, -0.2) is 9.36 Å². The third kappa shape index (κ3) is 2.54. The normalized spacial score (nSPS) is 11.8. The predicted molar refractivity (Wildman–Crippen MR) is 86.0 cm³/mol. The second kappa shape index (κ2) is 5.13. The van der Waals surface area contributed by atoms with E-state index in [1.54, 1.807) is 4.68 Å². The zero-order chi connectivity index (χ0) is 15.1. The lowest BCUT2D eigenvalue weighted by molar-refractivity contribution is 0.461. The number of hydrogen-bond donors (Lipinski definition) is 1. The summed E-state index contributed by atoms with van der Waals surface area (Å²) in [6.45, 7) is 6.67. The highest BCUT2D eigenvalue weighted by molar-refractivity contribution is 9.10. The molecule has 20 heavy (non-hydrogen) atoms. The molecule has 0 aliphatic rings. The second-order valence-corrected chi connectivity index (χ2v) is 6.84. The smallest absolute Gasteiger partial charge is 0.290 e. The van der Waals surface area contributed by atoms with Crippen molar-refractivity contribution in [3.63, 3.8) is 0 Å². The van der Waals surface area contributed by atoms with Crippen molar-refractivity contribution in [1.29, 1.82) is 0 Å². The summed E-state index contributed by atoms with van der Waals surface area (Å²) in [5.41, 5.74) is 7.98. The third-order valence-electron chi connectivity index (χ3n) is 3.39. The molecule has 0 radical (unpaired) electrons. The summed E-state index contributed by atoms with van der Waals surface area (Å²) in [6, 6.07) is 7.88. The van der Waals surface area contributed by atoms with Gasteiger partial charge in [0.15, 0.2) is 0 Å². The molecule has 1 aromatic heterocycles. The maximum atomic E-state index is 12.4. The Kier molecular flexibility index (Phi) is 3.82. The molecule has 5 heteroatoms. The molecule has 108 valence electrons. The molecular weight excluding hydrogens is 318 g/mol. The van der Waals surface area contributed by atoms with Crippen molar-refractivity contribution in [1.82, 2.24) is 9.36 Å². The quantitative estimate of drug-likeness (QED) is 0.915. The lowest BCUT2D eigenvalue weighted by atomic mass is 9.91. The van der Waals surface area contributed by atoms with Crippen molar-refractivity contribution in [3.8, 4) is 0 Å². The van der Waals surface area contributed by atoms with Gasteiger partial charge in [0.2, 0.25) is 0 Å². The Labute approximate surface area is 127 Å². The number of benzene rings is 1. The standard InChI is InChI=1S/C15H20BrN3O/c1-15(2,3)13-12(17)14(20)19(18(13)4)9-10-7-5-6-8-11(10)16/h5-8H,9,17H2,1-4H3. The van der Waals surface area contributed by atoms with E-state index in [1.807, 2.05) is 36.0 Å². The monoisotopic (exact) mass is 337 g/mol. The van der Waals surface area contributed by atoms with E-state index < -0.39 is 0 Å². The zero-order valence-electron chi connectivity index (χ0n) is 12.3. The van der Waals surface area contributed by atoms with Gasteiger partial charge in [0, 0.05) is 16.9 Å². The Morgan fingerprint density at radius 2 is 1.85 bits per heavy atom. The fraction of sp³-hybridized carbons (Fsp3) is 0.400. The number of anilines is 1. The number of nitrogens with two attached hydrogens (primary N) is 1. The minimum Gasteiger partial charge on any atom is -0.393 e. The van der Waals surface area contributed by atoms with Gasteiger partial charge in [-0.25, -0.2) is 4.68 Å². The van der Waals surface area contributed by atoms with E-state index in [1.165, 1.54) is 0 Å². The average Bonchev–Trinajstić information content (AvgIpc) is 2.55. The molecule has 0 aliphatic carbocycles. The number of nitrogen functional groups attached to an aromatic ring is 1. The van der Waals surface area contributed by atoms with Gasteiger partial charge in [-0.05, 0) is 11.6 Å². The molecule has 0 saturated heterocycles. The van der Waals surface area contributed by atoms with E-state index in [0.717, 1.165) is 15.7 Å². The first-order valence-electron chi connectivity index (χ1n) is 6.52. The van der Waals surface area contributed by atoms with E-state index >= 15 is 0 Å². The Balaban J connectivity index is 2.55. The highest BCUT2D eigenvalue weighted by Gasteiger charge is 2.25. The molecule has 0 spiro atoms. The van der Waals surface area contributed by atoms with Gasteiger partial charge >= 0.3 is 0 Å². The van der Waals surface area contributed by atoms with Crippen LogP contribution in [0.2, 0.25) is 0 Å². The largest absolute Gasteiger partial charge is 0.393 e. The number of hydrogen-bond acceptors (Lipinski definition) is 2. The fourth-order valence-corrected chi connectivity index (χ4v) is 2.94. The minimum atomic E-state index is -0.169. The van der Waals surface area contributed by atoms with E-state index in [2.05, 4.69) is 36.7 Å². The maximum Gasteiger partial charge on any atom is 0.290 e. The molecule has 0 amide bonds. The zero-order valence-corrected chi connectivity index (χ0v) is 13.9. The molecule has 1 heterocycles. The van der Waals surface area contributed by atoms with Gasteiger partial charge in [-0.2, -0.15) is 0 Å². The van der Waals surface area contributed by atoms with Crippen molar-refractivity contribution >= 4 is 21.6 Å². The molecule has 4 nitrogen and oxygen atoms in total. The van der Waals surface area contributed by atoms with Crippen LogP contribution in [0.1, 0.15) is 32.0 Å². The molecule has 0 bridgehead atoms. The molecule has 0 unspecified atom stereocenters. The van der Waals surface area contributed by atoms with Gasteiger partial charge in [-0.3, -0.25) is 9.48 Å². The van der Waals surface area contributed by atoms with Crippen LogP contribution in [0.3, 0.4) is 0 Å². The molecular formula is C15H20BrN3O. The Morgan fingerprint density at radius 3 is 2.35 bits per heavy atom. The molecule has 0 fully saturated rings. The van der Waals surface area contributed by atoms with Crippen molar-refractivity contribution in [2.24, 2.45) is 7.05 Å². The Hall–Kier alpha value is -1.49. The molecule has 0 saturated carbocycles. The van der Waals surface area contributed by atoms with E-state index in [9.17, 15) is 4.79 Å². The number of halogens is 1. The Morgan fingerprint density at radius 1 is 1.25 bits per heavy atom. The van der Waals surface area contributed by atoms with Crippen LogP contribution in [0.5, 0.6) is 0 Å². The summed E-state index contributed by atoms with van der Waals surface area (Å²) in [5, 5.41) is 0. The number of nitrogens with zero attached hydrogens (tertiary/aromatic N) is 2. The molecule has 2 rings (SSSR count). The van der Waals surface area contributed by atoms with E-state index in [0.29, 0.717) is 12.2 Å². The van der Waals surface area contributed by atoms with Crippen molar-refractivity contribution in [2.75, 3.05) is 5.73 Å².